The molecule has 0 bridgehead atoms. The summed E-state index contributed by atoms with van der Waals surface area (Å²) < 4.78 is 1.72. The number of carbonyl (C=O) groups is 1. The van der Waals surface area contributed by atoms with Crippen LogP contribution in [0, 0.1) is 13.8 Å². The van der Waals surface area contributed by atoms with Crippen LogP contribution in [0.1, 0.15) is 27.3 Å². The molecular formula is C20H17ClN6OS. The third kappa shape index (κ3) is 4.38. The van der Waals surface area contributed by atoms with Gasteiger partial charge in [-0.2, -0.15) is 4.98 Å². The van der Waals surface area contributed by atoms with Crippen LogP contribution < -0.4 is 5.32 Å². The van der Waals surface area contributed by atoms with Crippen molar-refractivity contribution < 1.29 is 4.79 Å². The highest BCUT2D eigenvalue weighted by atomic mass is 35.5. The number of hydrogen-bond donors (Lipinski definition) is 1. The normalized spacial score (nSPS) is 11.0. The van der Waals surface area contributed by atoms with Crippen molar-refractivity contribution in [1.82, 2.24) is 24.6 Å². The van der Waals surface area contributed by atoms with Gasteiger partial charge in [-0.1, -0.05) is 41.6 Å². The Kier molecular flexibility index (Phi) is 5.46. The van der Waals surface area contributed by atoms with Gasteiger partial charge in [0.1, 0.15) is 5.82 Å². The maximum Gasteiger partial charge on any atom is 0.257 e. The summed E-state index contributed by atoms with van der Waals surface area (Å²) in [6, 6.07) is 12.7. The molecule has 9 heteroatoms. The third-order valence-corrected chi connectivity index (χ3v) is 5.30. The number of hydrogen-bond acceptors (Lipinski definition) is 6. The predicted octanol–water partition coefficient (Wildman–Crippen LogP) is 4.33. The average Bonchev–Trinajstić information content (AvgIpc) is 3.11. The summed E-state index contributed by atoms with van der Waals surface area (Å²) in [5.74, 6) is 1.34. The van der Waals surface area contributed by atoms with Crippen molar-refractivity contribution in [2.75, 3.05) is 5.32 Å². The average molecular weight is 425 g/mol. The Morgan fingerprint density at radius 1 is 1.17 bits per heavy atom. The minimum atomic E-state index is -0.230. The number of rotatable bonds is 5. The summed E-state index contributed by atoms with van der Waals surface area (Å²) in [6.45, 7) is 3.90. The van der Waals surface area contributed by atoms with Crippen molar-refractivity contribution in [3.63, 3.8) is 0 Å². The number of amides is 1. The summed E-state index contributed by atoms with van der Waals surface area (Å²) in [6.07, 6.45) is 1.49. The molecule has 1 N–H and O–H groups in total. The highest BCUT2D eigenvalue weighted by molar-refractivity contribution is 7.98. The summed E-state index contributed by atoms with van der Waals surface area (Å²) >= 11 is 7.30. The Balaban J connectivity index is 1.52. The van der Waals surface area contributed by atoms with Crippen molar-refractivity contribution >= 4 is 40.9 Å². The first-order valence-corrected chi connectivity index (χ1v) is 10.2. The molecule has 0 radical (unpaired) electrons. The number of thioether (sulfide) groups is 1. The minimum absolute atomic E-state index is 0.230. The second-order valence-corrected chi connectivity index (χ2v) is 7.79. The molecule has 1 aromatic carbocycles. The molecule has 0 aliphatic carbocycles. The van der Waals surface area contributed by atoms with Gasteiger partial charge in [0.25, 0.3) is 11.7 Å². The van der Waals surface area contributed by atoms with E-state index >= 15 is 0 Å². The summed E-state index contributed by atoms with van der Waals surface area (Å²) in [5.41, 5.74) is 3.33. The molecule has 7 nitrogen and oxygen atoms in total. The Bertz CT molecular complexity index is 1190. The molecule has 0 aliphatic heterocycles. The van der Waals surface area contributed by atoms with E-state index in [1.54, 1.807) is 22.7 Å². The van der Waals surface area contributed by atoms with Gasteiger partial charge in [-0.05, 0) is 43.7 Å². The van der Waals surface area contributed by atoms with E-state index in [2.05, 4.69) is 25.4 Å². The largest absolute Gasteiger partial charge is 0.307 e. The maximum absolute atomic E-state index is 12.7. The number of nitrogens with zero attached hydrogens (tertiary/aromatic N) is 5. The standard InChI is InChI=1S/C20H17ClN6OS/c1-12-9-13(2)27-19(23-12)25-20(26-27)29-11-14-5-3-4-6-16(14)18(28)24-17-8-7-15(21)10-22-17/h3-10H,11H2,1-2H3,(H,22,24,28). The zero-order valence-electron chi connectivity index (χ0n) is 15.8. The minimum Gasteiger partial charge on any atom is -0.307 e. The molecule has 0 unspecified atom stereocenters. The predicted molar refractivity (Wildman–Crippen MR) is 113 cm³/mol. The molecule has 1 amide bonds. The molecule has 3 aromatic heterocycles. The fraction of sp³-hybridized carbons (Fsp3) is 0.150. The number of halogens is 1. The first kappa shape index (κ1) is 19.4. The van der Waals surface area contributed by atoms with E-state index in [4.69, 9.17) is 11.6 Å². The van der Waals surface area contributed by atoms with Gasteiger partial charge in [-0.3, -0.25) is 4.79 Å². The first-order valence-electron chi connectivity index (χ1n) is 8.84. The van der Waals surface area contributed by atoms with Crippen molar-refractivity contribution in [2.24, 2.45) is 0 Å². The van der Waals surface area contributed by atoms with Gasteiger partial charge in [-0.25, -0.2) is 14.5 Å². The van der Waals surface area contributed by atoms with Crippen LogP contribution in [-0.4, -0.2) is 30.5 Å². The lowest BCUT2D eigenvalue weighted by Crippen LogP contribution is -2.14. The van der Waals surface area contributed by atoms with Gasteiger partial charge in [0.15, 0.2) is 0 Å². The van der Waals surface area contributed by atoms with Crippen LogP contribution in [0.3, 0.4) is 0 Å². The molecule has 0 saturated heterocycles. The molecule has 0 aliphatic rings. The van der Waals surface area contributed by atoms with E-state index in [1.165, 1.54) is 18.0 Å². The molecule has 0 saturated carbocycles. The summed E-state index contributed by atoms with van der Waals surface area (Å²) in [4.78, 5) is 25.7. The van der Waals surface area contributed by atoms with Crippen LogP contribution in [0.25, 0.3) is 5.78 Å². The molecule has 0 atom stereocenters. The van der Waals surface area contributed by atoms with Gasteiger partial charge < -0.3 is 5.32 Å². The number of anilines is 1. The van der Waals surface area contributed by atoms with E-state index in [0.717, 1.165) is 17.0 Å². The van der Waals surface area contributed by atoms with Gasteiger partial charge >= 0.3 is 0 Å². The number of aryl methyl sites for hydroxylation is 2. The quantitative estimate of drug-likeness (QED) is 0.480. The highest BCUT2D eigenvalue weighted by Crippen LogP contribution is 2.23. The topological polar surface area (TPSA) is 85.1 Å². The van der Waals surface area contributed by atoms with Gasteiger partial charge in [0.2, 0.25) is 5.16 Å². The van der Waals surface area contributed by atoms with Gasteiger partial charge in [-0.15, -0.1) is 5.10 Å². The zero-order valence-corrected chi connectivity index (χ0v) is 17.3. The van der Waals surface area contributed by atoms with E-state index in [9.17, 15) is 4.79 Å². The molecule has 4 aromatic rings. The highest BCUT2D eigenvalue weighted by Gasteiger charge is 2.14. The van der Waals surface area contributed by atoms with Crippen molar-refractivity contribution in [1.29, 1.82) is 0 Å². The third-order valence-electron chi connectivity index (χ3n) is 4.19. The van der Waals surface area contributed by atoms with E-state index in [1.807, 2.05) is 38.1 Å². The monoisotopic (exact) mass is 424 g/mol. The van der Waals surface area contributed by atoms with Crippen LogP contribution in [0.4, 0.5) is 5.82 Å². The first-order chi connectivity index (χ1) is 14.0. The van der Waals surface area contributed by atoms with Crippen LogP contribution in [0.2, 0.25) is 5.02 Å². The lowest BCUT2D eigenvalue weighted by Gasteiger charge is -2.09. The molecule has 3 heterocycles. The number of nitrogens with one attached hydrogen (secondary N) is 1. The SMILES string of the molecule is Cc1cc(C)n2nc(SCc3ccccc3C(=O)Nc3ccc(Cl)cn3)nc2n1. The molecule has 0 spiro atoms. The smallest absolute Gasteiger partial charge is 0.257 e. The molecule has 146 valence electrons. The van der Waals surface area contributed by atoms with Crippen LogP contribution in [0.15, 0.2) is 53.8 Å². The number of pyridine rings is 1. The van der Waals surface area contributed by atoms with Gasteiger partial charge in [0.05, 0.1) is 5.02 Å². The lowest BCUT2D eigenvalue weighted by atomic mass is 10.1. The van der Waals surface area contributed by atoms with Crippen LogP contribution in [-0.2, 0) is 5.75 Å². The molecular weight excluding hydrogens is 408 g/mol. The Morgan fingerprint density at radius 2 is 2.00 bits per heavy atom. The summed E-state index contributed by atoms with van der Waals surface area (Å²) in [5, 5.41) is 8.42. The van der Waals surface area contributed by atoms with E-state index in [-0.39, 0.29) is 5.91 Å². The molecule has 29 heavy (non-hydrogen) atoms. The molecule has 4 rings (SSSR count). The summed E-state index contributed by atoms with van der Waals surface area (Å²) in [7, 11) is 0. The molecule has 0 fully saturated rings. The van der Waals surface area contributed by atoms with Crippen molar-refractivity contribution in [2.45, 2.75) is 24.8 Å². The van der Waals surface area contributed by atoms with Crippen molar-refractivity contribution in [3.05, 3.63) is 76.2 Å². The number of carbonyl (C=O) groups excluding carboxylic acids is 1. The van der Waals surface area contributed by atoms with Gasteiger partial charge in [0, 0.05) is 28.9 Å². The Morgan fingerprint density at radius 3 is 2.79 bits per heavy atom. The Labute approximate surface area is 176 Å². The Hall–Kier alpha value is -2.97. The van der Waals surface area contributed by atoms with E-state index in [0.29, 0.717) is 33.1 Å². The fourth-order valence-corrected chi connectivity index (χ4v) is 3.79. The fourth-order valence-electron chi connectivity index (χ4n) is 2.85. The second-order valence-electron chi connectivity index (χ2n) is 6.41. The van der Waals surface area contributed by atoms with Crippen molar-refractivity contribution in [3.8, 4) is 0 Å². The second kappa shape index (κ2) is 8.18. The zero-order chi connectivity index (χ0) is 20.4. The van der Waals surface area contributed by atoms with Crippen LogP contribution >= 0.6 is 23.4 Å². The number of fused-ring (bicyclic) bond motifs is 1. The number of benzene rings is 1. The van der Waals surface area contributed by atoms with Crippen LogP contribution in [0.5, 0.6) is 0 Å². The maximum atomic E-state index is 12.7. The number of aromatic nitrogens is 5. The lowest BCUT2D eigenvalue weighted by molar-refractivity contribution is 0.102. The van der Waals surface area contributed by atoms with E-state index < -0.39 is 0 Å².